The summed E-state index contributed by atoms with van der Waals surface area (Å²) in [6, 6.07) is 16.1. The topological polar surface area (TPSA) is 67.9 Å². The van der Waals surface area contributed by atoms with E-state index in [0.717, 1.165) is 54.4 Å². The van der Waals surface area contributed by atoms with Crippen LogP contribution in [0.2, 0.25) is 5.02 Å². The molecule has 1 atom stereocenters. The molecule has 2 aliphatic rings. The fourth-order valence-corrected chi connectivity index (χ4v) is 5.79. The van der Waals surface area contributed by atoms with Crippen molar-refractivity contribution in [2.24, 2.45) is 0 Å². The second kappa shape index (κ2) is 10.9. The van der Waals surface area contributed by atoms with E-state index in [2.05, 4.69) is 39.6 Å². The van der Waals surface area contributed by atoms with E-state index >= 15 is 0 Å². The van der Waals surface area contributed by atoms with Crippen LogP contribution in [0.1, 0.15) is 16.9 Å². The smallest absolute Gasteiger partial charge is 0.322 e. The number of urea groups is 1. The van der Waals surface area contributed by atoms with Crippen molar-refractivity contribution in [3.8, 4) is 0 Å². The standard InChI is InChI=1S/C27H30ClN5O2S/c1-31-12-2-13-32(15-14-31)23-9-7-21(8-10-23)29-26(34)24-17-25-19(11-16-36-25)18-33(24)27(35)30-22-5-3-20(28)4-6-22/h3-11,16,24H,2,12-15,17-18H2,1H3,(H,29,34)(H,30,35). The van der Waals surface area contributed by atoms with Crippen molar-refractivity contribution >= 4 is 51.9 Å². The van der Waals surface area contributed by atoms with Crippen LogP contribution in [0.15, 0.2) is 60.0 Å². The molecule has 1 fully saturated rings. The molecule has 0 spiro atoms. The monoisotopic (exact) mass is 523 g/mol. The third kappa shape index (κ3) is 5.67. The zero-order chi connectivity index (χ0) is 25.1. The molecule has 5 rings (SSSR count). The first-order valence-corrected chi connectivity index (χ1v) is 13.4. The minimum absolute atomic E-state index is 0.190. The van der Waals surface area contributed by atoms with Crippen LogP contribution in [0.5, 0.6) is 0 Å². The molecular weight excluding hydrogens is 494 g/mol. The maximum atomic E-state index is 13.4. The van der Waals surface area contributed by atoms with Crippen LogP contribution in [-0.4, -0.2) is 61.0 Å². The van der Waals surface area contributed by atoms with Gasteiger partial charge in [-0.1, -0.05) is 11.6 Å². The van der Waals surface area contributed by atoms with E-state index in [1.165, 1.54) is 0 Å². The lowest BCUT2D eigenvalue weighted by Crippen LogP contribution is -2.51. The van der Waals surface area contributed by atoms with Gasteiger partial charge >= 0.3 is 6.03 Å². The van der Waals surface area contributed by atoms with Gasteiger partial charge in [0.05, 0.1) is 0 Å². The van der Waals surface area contributed by atoms with E-state index in [4.69, 9.17) is 11.6 Å². The molecule has 36 heavy (non-hydrogen) atoms. The number of carbonyl (C=O) groups excluding carboxylic acids is 2. The maximum absolute atomic E-state index is 13.4. The highest BCUT2D eigenvalue weighted by molar-refractivity contribution is 7.10. The molecule has 3 heterocycles. The lowest BCUT2D eigenvalue weighted by atomic mass is 10.0. The number of nitrogens with zero attached hydrogens (tertiary/aromatic N) is 3. The number of hydrogen-bond acceptors (Lipinski definition) is 5. The van der Waals surface area contributed by atoms with Crippen molar-refractivity contribution < 1.29 is 9.59 Å². The zero-order valence-corrected chi connectivity index (χ0v) is 21.8. The summed E-state index contributed by atoms with van der Waals surface area (Å²) in [5, 5.41) is 8.56. The molecule has 0 saturated carbocycles. The number of rotatable bonds is 4. The molecule has 0 bridgehead atoms. The van der Waals surface area contributed by atoms with E-state index in [-0.39, 0.29) is 11.9 Å². The molecule has 0 aliphatic carbocycles. The van der Waals surface area contributed by atoms with E-state index < -0.39 is 6.04 Å². The molecule has 1 unspecified atom stereocenters. The van der Waals surface area contributed by atoms with Gasteiger partial charge in [0.15, 0.2) is 0 Å². The fourth-order valence-electron chi connectivity index (χ4n) is 4.73. The first kappa shape index (κ1) is 24.6. The molecule has 3 amide bonds. The van der Waals surface area contributed by atoms with Crippen molar-refractivity contribution in [3.05, 3.63) is 75.4 Å². The lowest BCUT2D eigenvalue weighted by molar-refractivity contribution is -0.120. The Morgan fingerprint density at radius 2 is 1.64 bits per heavy atom. The second-order valence-corrected chi connectivity index (χ2v) is 10.8. The van der Waals surface area contributed by atoms with Crippen molar-refractivity contribution in [2.75, 3.05) is 48.8 Å². The Morgan fingerprint density at radius 3 is 2.42 bits per heavy atom. The minimum Gasteiger partial charge on any atom is -0.370 e. The van der Waals surface area contributed by atoms with Gasteiger partial charge in [0.1, 0.15) is 6.04 Å². The first-order valence-electron chi connectivity index (χ1n) is 12.2. The van der Waals surface area contributed by atoms with Crippen molar-refractivity contribution in [2.45, 2.75) is 25.4 Å². The highest BCUT2D eigenvalue weighted by atomic mass is 35.5. The van der Waals surface area contributed by atoms with Gasteiger partial charge in [-0.05, 0) is 85.6 Å². The quantitative estimate of drug-likeness (QED) is 0.497. The fraction of sp³-hybridized carbons (Fsp3) is 0.333. The third-order valence-electron chi connectivity index (χ3n) is 6.81. The van der Waals surface area contributed by atoms with E-state index in [1.807, 2.05) is 23.6 Å². The molecule has 9 heteroatoms. The molecular formula is C27H30ClN5O2S. The molecule has 2 N–H and O–H groups in total. The summed E-state index contributed by atoms with van der Waals surface area (Å²) in [5.41, 5.74) is 3.61. The van der Waals surface area contributed by atoms with Crippen molar-refractivity contribution in [3.63, 3.8) is 0 Å². The average molecular weight is 524 g/mol. The molecule has 3 aromatic rings. The Morgan fingerprint density at radius 1 is 0.917 bits per heavy atom. The van der Waals surface area contributed by atoms with Crippen molar-refractivity contribution in [1.82, 2.24) is 9.80 Å². The molecule has 7 nitrogen and oxygen atoms in total. The summed E-state index contributed by atoms with van der Waals surface area (Å²) in [6.07, 6.45) is 1.63. The number of hydrogen-bond donors (Lipinski definition) is 2. The summed E-state index contributed by atoms with van der Waals surface area (Å²) in [6.45, 7) is 4.56. The second-order valence-electron chi connectivity index (χ2n) is 9.33. The van der Waals surface area contributed by atoms with Crippen LogP contribution in [0.25, 0.3) is 0 Å². The lowest BCUT2D eigenvalue weighted by Gasteiger charge is -2.34. The van der Waals surface area contributed by atoms with Gasteiger partial charge in [-0.25, -0.2) is 4.79 Å². The minimum atomic E-state index is -0.607. The summed E-state index contributed by atoms with van der Waals surface area (Å²) in [5.74, 6) is -0.190. The van der Waals surface area contributed by atoms with E-state index in [9.17, 15) is 9.59 Å². The molecule has 188 valence electrons. The van der Waals surface area contributed by atoms with Crippen LogP contribution in [0, 0.1) is 0 Å². The number of benzene rings is 2. The Bertz CT molecular complexity index is 1210. The van der Waals surface area contributed by atoms with E-state index in [1.54, 1.807) is 40.5 Å². The number of thiophene rings is 1. The predicted octanol–water partition coefficient (Wildman–Crippen LogP) is 5.14. The summed E-state index contributed by atoms with van der Waals surface area (Å²) < 4.78 is 0. The number of carbonyl (C=O) groups is 2. The zero-order valence-electron chi connectivity index (χ0n) is 20.2. The molecule has 2 aromatic carbocycles. The number of likely N-dealkylation sites (N-methyl/N-ethyl adjacent to an activating group) is 1. The number of anilines is 3. The van der Waals surface area contributed by atoms with Gasteiger partial charge in [0, 0.05) is 59.6 Å². The molecule has 0 radical (unpaired) electrons. The number of amides is 3. The summed E-state index contributed by atoms with van der Waals surface area (Å²) in [4.78, 5) is 34.1. The van der Waals surface area contributed by atoms with Crippen LogP contribution in [0.4, 0.5) is 21.9 Å². The SMILES string of the molecule is CN1CCCN(c2ccc(NC(=O)C3Cc4sccc4CN3C(=O)Nc3ccc(Cl)cc3)cc2)CC1. The highest BCUT2D eigenvalue weighted by Crippen LogP contribution is 2.29. The first-order chi connectivity index (χ1) is 17.5. The summed E-state index contributed by atoms with van der Waals surface area (Å²) >= 11 is 7.60. The van der Waals surface area contributed by atoms with Gasteiger partial charge in [0.2, 0.25) is 5.91 Å². The summed E-state index contributed by atoms with van der Waals surface area (Å²) in [7, 11) is 2.16. The van der Waals surface area contributed by atoms with Crippen LogP contribution >= 0.6 is 22.9 Å². The highest BCUT2D eigenvalue weighted by Gasteiger charge is 2.35. The number of nitrogens with one attached hydrogen (secondary N) is 2. The number of fused-ring (bicyclic) bond motifs is 1. The Labute approximate surface area is 220 Å². The molecule has 1 saturated heterocycles. The largest absolute Gasteiger partial charge is 0.370 e. The average Bonchev–Trinajstić information content (AvgIpc) is 3.24. The van der Waals surface area contributed by atoms with Crippen molar-refractivity contribution in [1.29, 1.82) is 0 Å². The Kier molecular flexibility index (Phi) is 7.46. The normalized spacial score (nSPS) is 18.3. The van der Waals surface area contributed by atoms with E-state index in [0.29, 0.717) is 23.7 Å². The third-order valence-corrected chi connectivity index (χ3v) is 8.05. The van der Waals surface area contributed by atoms with Gasteiger partial charge in [-0.3, -0.25) is 4.79 Å². The van der Waals surface area contributed by atoms with Gasteiger partial charge in [-0.15, -0.1) is 11.3 Å². The number of halogens is 1. The van der Waals surface area contributed by atoms with Crippen LogP contribution < -0.4 is 15.5 Å². The maximum Gasteiger partial charge on any atom is 0.322 e. The van der Waals surface area contributed by atoms with Gasteiger partial charge in [0.25, 0.3) is 0 Å². The van der Waals surface area contributed by atoms with Crippen LogP contribution in [0.3, 0.4) is 0 Å². The Balaban J connectivity index is 1.28. The molecule has 2 aliphatic heterocycles. The predicted molar refractivity (Wildman–Crippen MR) is 147 cm³/mol. The van der Waals surface area contributed by atoms with Crippen LogP contribution in [-0.2, 0) is 17.8 Å². The molecule has 1 aromatic heterocycles. The Hall–Kier alpha value is -3.07. The van der Waals surface area contributed by atoms with Gasteiger partial charge in [-0.2, -0.15) is 0 Å². The van der Waals surface area contributed by atoms with Gasteiger partial charge < -0.3 is 25.3 Å².